The fourth-order valence-electron chi connectivity index (χ4n) is 2.86. The lowest BCUT2D eigenvalue weighted by molar-refractivity contribution is 0.0957. The Hall–Kier alpha value is -2.16. The Morgan fingerprint density at radius 2 is 2.14 bits per heavy atom. The van der Waals surface area contributed by atoms with Crippen LogP contribution in [0.4, 0.5) is 0 Å². The maximum absolute atomic E-state index is 12.8. The smallest absolute Gasteiger partial charge is 0.172 e. The van der Waals surface area contributed by atoms with Gasteiger partial charge < -0.3 is 4.74 Å². The van der Waals surface area contributed by atoms with E-state index < -0.39 is 0 Å². The van der Waals surface area contributed by atoms with Crippen LogP contribution in [0.3, 0.4) is 0 Å². The molecule has 1 aliphatic rings. The second kappa shape index (κ2) is 5.68. The average Bonchev–Trinajstić information content (AvgIpc) is 2.90. The van der Waals surface area contributed by atoms with Crippen molar-refractivity contribution >= 4 is 5.78 Å². The summed E-state index contributed by atoms with van der Waals surface area (Å²) >= 11 is 0. The fraction of sp³-hybridized carbons (Fsp3) is 0.333. The van der Waals surface area contributed by atoms with E-state index in [4.69, 9.17) is 4.74 Å². The highest BCUT2D eigenvalue weighted by Gasteiger charge is 2.30. The third kappa shape index (κ3) is 2.82. The topological polar surface area (TPSA) is 39.2 Å². The lowest BCUT2D eigenvalue weighted by Crippen LogP contribution is -2.12. The van der Waals surface area contributed by atoms with Crippen molar-refractivity contribution in [1.29, 1.82) is 0 Å². The standard InChI is InChI=1S/C18H19NO2/c1-12(2)21-15-7-3-5-14(11-15)18(20)16-9-8-13-6-4-10-19-17(13)16/h3-7,10-12,16H,8-9H2,1-2H3. The molecule has 21 heavy (non-hydrogen) atoms. The largest absolute Gasteiger partial charge is 0.491 e. The first-order chi connectivity index (χ1) is 10.1. The third-order valence-electron chi connectivity index (χ3n) is 3.77. The molecule has 1 heterocycles. The van der Waals surface area contributed by atoms with Crippen LogP contribution in [0.15, 0.2) is 42.6 Å². The van der Waals surface area contributed by atoms with Crippen molar-refractivity contribution in [2.75, 3.05) is 0 Å². The number of aryl methyl sites for hydroxylation is 1. The molecule has 0 bridgehead atoms. The molecule has 1 unspecified atom stereocenters. The van der Waals surface area contributed by atoms with E-state index in [2.05, 4.69) is 11.1 Å². The molecule has 0 radical (unpaired) electrons. The van der Waals surface area contributed by atoms with Gasteiger partial charge >= 0.3 is 0 Å². The molecule has 108 valence electrons. The number of ketones is 1. The minimum Gasteiger partial charge on any atom is -0.491 e. The Bertz CT molecular complexity index is 664. The molecule has 1 atom stereocenters. The number of aromatic nitrogens is 1. The van der Waals surface area contributed by atoms with Gasteiger partial charge in [0.2, 0.25) is 0 Å². The van der Waals surface area contributed by atoms with Crippen LogP contribution in [0, 0.1) is 0 Å². The van der Waals surface area contributed by atoms with Crippen LogP contribution in [0.1, 0.15) is 47.8 Å². The van der Waals surface area contributed by atoms with Gasteiger partial charge in [0.05, 0.1) is 17.7 Å². The number of carbonyl (C=O) groups excluding carboxylic acids is 1. The van der Waals surface area contributed by atoms with Crippen LogP contribution in [0.2, 0.25) is 0 Å². The number of rotatable bonds is 4. The molecule has 1 aromatic carbocycles. The Morgan fingerprint density at radius 3 is 2.95 bits per heavy atom. The van der Waals surface area contributed by atoms with Gasteiger partial charge in [-0.2, -0.15) is 0 Å². The maximum atomic E-state index is 12.8. The first kappa shape index (κ1) is 13.8. The molecular weight excluding hydrogens is 262 g/mol. The molecule has 1 aromatic heterocycles. The summed E-state index contributed by atoms with van der Waals surface area (Å²) in [5, 5.41) is 0. The lowest BCUT2D eigenvalue weighted by atomic mass is 9.95. The molecule has 3 nitrogen and oxygen atoms in total. The van der Waals surface area contributed by atoms with Crippen molar-refractivity contribution in [3.8, 4) is 5.75 Å². The molecule has 0 saturated heterocycles. The van der Waals surface area contributed by atoms with Crippen molar-refractivity contribution in [2.45, 2.75) is 38.7 Å². The highest BCUT2D eigenvalue weighted by Crippen LogP contribution is 2.34. The number of benzene rings is 1. The first-order valence-corrected chi connectivity index (χ1v) is 7.40. The fourth-order valence-corrected chi connectivity index (χ4v) is 2.86. The van der Waals surface area contributed by atoms with Crippen molar-refractivity contribution in [1.82, 2.24) is 4.98 Å². The summed E-state index contributed by atoms with van der Waals surface area (Å²) in [6.45, 7) is 3.96. The molecule has 0 N–H and O–H groups in total. The van der Waals surface area contributed by atoms with Crippen molar-refractivity contribution in [2.24, 2.45) is 0 Å². The molecule has 3 rings (SSSR count). The molecule has 0 aliphatic heterocycles. The van der Waals surface area contributed by atoms with Crippen LogP contribution >= 0.6 is 0 Å². The summed E-state index contributed by atoms with van der Waals surface area (Å²) < 4.78 is 5.67. The summed E-state index contributed by atoms with van der Waals surface area (Å²) in [6, 6.07) is 11.5. The average molecular weight is 281 g/mol. The Morgan fingerprint density at radius 1 is 1.29 bits per heavy atom. The van der Waals surface area contributed by atoms with Gasteiger partial charge in [-0.15, -0.1) is 0 Å². The number of pyridine rings is 1. The number of ether oxygens (including phenoxy) is 1. The van der Waals surface area contributed by atoms with Gasteiger partial charge in [0, 0.05) is 11.8 Å². The molecule has 0 spiro atoms. The summed E-state index contributed by atoms with van der Waals surface area (Å²) in [6.07, 6.45) is 3.65. The minimum absolute atomic E-state index is 0.101. The summed E-state index contributed by atoms with van der Waals surface area (Å²) in [4.78, 5) is 17.2. The zero-order valence-electron chi connectivity index (χ0n) is 12.4. The summed E-state index contributed by atoms with van der Waals surface area (Å²) in [5.74, 6) is 0.771. The van der Waals surface area contributed by atoms with Gasteiger partial charge in [-0.05, 0) is 50.5 Å². The van der Waals surface area contributed by atoms with Crippen molar-refractivity contribution in [3.05, 3.63) is 59.4 Å². The van der Waals surface area contributed by atoms with E-state index in [1.807, 2.05) is 44.2 Å². The molecule has 3 heteroatoms. The molecule has 0 saturated carbocycles. The number of fused-ring (bicyclic) bond motifs is 1. The zero-order chi connectivity index (χ0) is 14.8. The number of nitrogens with zero attached hydrogens (tertiary/aromatic N) is 1. The minimum atomic E-state index is -0.115. The number of carbonyl (C=O) groups is 1. The van der Waals surface area contributed by atoms with Crippen LogP contribution in [0.5, 0.6) is 5.75 Å². The number of hydrogen-bond acceptors (Lipinski definition) is 3. The highest BCUT2D eigenvalue weighted by molar-refractivity contribution is 6.01. The lowest BCUT2D eigenvalue weighted by Gasteiger charge is -2.13. The van der Waals surface area contributed by atoms with E-state index in [1.165, 1.54) is 5.56 Å². The summed E-state index contributed by atoms with van der Waals surface area (Å²) in [5.41, 5.74) is 2.85. The molecule has 1 aliphatic carbocycles. The van der Waals surface area contributed by atoms with Gasteiger partial charge in [0.25, 0.3) is 0 Å². The maximum Gasteiger partial charge on any atom is 0.172 e. The molecule has 0 amide bonds. The van der Waals surface area contributed by atoms with E-state index in [9.17, 15) is 4.79 Å². The molecule has 0 fully saturated rings. The Balaban J connectivity index is 1.86. The SMILES string of the molecule is CC(C)Oc1cccc(C(=O)C2CCc3cccnc32)c1. The van der Waals surface area contributed by atoms with Crippen LogP contribution < -0.4 is 4.74 Å². The van der Waals surface area contributed by atoms with Gasteiger partial charge in [-0.1, -0.05) is 18.2 Å². The third-order valence-corrected chi connectivity index (χ3v) is 3.77. The van der Waals surface area contributed by atoms with Crippen molar-refractivity contribution in [3.63, 3.8) is 0 Å². The predicted molar refractivity (Wildman–Crippen MR) is 81.8 cm³/mol. The van der Waals surface area contributed by atoms with E-state index in [0.717, 1.165) is 24.3 Å². The van der Waals surface area contributed by atoms with Gasteiger partial charge in [-0.3, -0.25) is 9.78 Å². The number of hydrogen-bond donors (Lipinski definition) is 0. The van der Waals surface area contributed by atoms with Crippen LogP contribution in [0.25, 0.3) is 0 Å². The normalized spacial score (nSPS) is 16.8. The summed E-state index contributed by atoms with van der Waals surface area (Å²) in [7, 11) is 0. The van der Waals surface area contributed by atoms with E-state index in [-0.39, 0.29) is 17.8 Å². The van der Waals surface area contributed by atoms with Gasteiger partial charge in [0.1, 0.15) is 5.75 Å². The predicted octanol–water partition coefficient (Wildman–Crippen LogP) is 3.78. The Kier molecular flexibility index (Phi) is 3.74. The van der Waals surface area contributed by atoms with Gasteiger partial charge in [0.15, 0.2) is 5.78 Å². The van der Waals surface area contributed by atoms with E-state index in [1.54, 1.807) is 6.20 Å². The quantitative estimate of drug-likeness (QED) is 0.801. The first-order valence-electron chi connectivity index (χ1n) is 7.40. The highest BCUT2D eigenvalue weighted by atomic mass is 16.5. The molecular formula is C18H19NO2. The van der Waals surface area contributed by atoms with Crippen molar-refractivity contribution < 1.29 is 9.53 Å². The zero-order valence-corrected chi connectivity index (χ0v) is 12.4. The van der Waals surface area contributed by atoms with E-state index >= 15 is 0 Å². The monoisotopic (exact) mass is 281 g/mol. The van der Waals surface area contributed by atoms with Crippen LogP contribution in [-0.4, -0.2) is 16.9 Å². The van der Waals surface area contributed by atoms with Gasteiger partial charge in [-0.25, -0.2) is 0 Å². The van der Waals surface area contributed by atoms with Crippen LogP contribution in [-0.2, 0) is 6.42 Å². The second-order valence-electron chi connectivity index (χ2n) is 5.70. The molecule has 2 aromatic rings. The second-order valence-corrected chi connectivity index (χ2v) is 5.70. The van der Waals surface area contributed by atoms with E-state index in [0.29, 0.717) is 5.56 Å². The Labute approximate surface area is 125 Å². The number of Topliss-reactive ketones (excluding diaryl/α,β-unsaturated/α-hetero) is 1.